The van der Waals surface area contributed by atoms with Gasteiger partial charge in [-0.1, -0.05) is 13.0 Å². The second kappa shape index (κ2) is 6.67. The van der Waals surface area contributed by atoms with Crippen LogP contribution in [0.15, 0.2) is 12.3 Å². The number of amides is 2. The van der Waals surface area contributed by atoms with Gasteiger partial charge in [0.25, 0.3) is 0 Å². The van der Waals surface area contributed by atoms with Crippen LogP contribution < -0.4 is 10.6 Å². The summed E-state index contributed by atoms with van der Waals surface area (Å²) in [5.41, 5.74) is 0. The molecule has 12 heavy (non-hydrogen) atoms. The highest BCUT2D eigenvalue weighted by Crippen LogP contribution is 1.77. The Balaban J connectivity index is 3.40. The fourth-order valence-corrected chi connectivity index (χ4v) is 0.544. The minimum atomic E-state index is -0.508. The van der Waals surface area contributed by atoms with E-state index in [9.17, 15) is 4.79 Å². The molecule has 0 spiro atoms. The Bertz CT molecular complexity index is 155. The van der Waals surface area contributed by atoms with Crippen molar-refractivity contribution in [3.05, 3.63) is 12.3 Å². The number of rotatable bonds is 4. The highest BCUT2D eigenvalue weighted by Gasteiger charge is 1.98. The Morgan fingerprint density at radius 2 is 2.33 bits per heavy atom. The molecule has 0 aliphatic carbocycles. The van der Waals surface area contributed by atoms with E-state index in [1.807, 2.05) is 13.0 Å². The van der Waals surface area contributed by atoms with Gasteiger partial charge in [-0.25, -0.2) is 4.79 Å². The van der Waals surface area contributed by atoms with E-state index >= 15 is 0 Å². The molecule has 0 saturated heterocycles. The van der Waals surface area contributed by atoms with Crippen molar-refractivity contribution in [3.63, 3.8) is 0 Å². The summed E-state index contributed by atoms with van der Waals surface area (Å²) in [7, 11) is 0. The van der Waals surface area contributed by atoms with Crippen molar-refractivity contribution in [2.45, 2.75) is 26.4 Å². The van der Waals surface area contributed by atoms with E-state index < -0.39 is 6.10 Å². The predicted molar refractivity (Wildman–Crippen MR) is 47.6 cm³/mol. The summed E-state index contributed by atoms with van der Waals surface area (Å²) < 4.78 is 0. The molecule has 0 heterocycles. The third-order valence-corrected chi connectivity index (χ3v) is 1.13. The topological polar surface area (TPSA) is 61.4 Å². The van der Waals surface area contributed by atoms with Crippen molar-refractivity contribution in [1.29, 1.82) is 0 Å². The van der Waals surface area contributed by atoms with Crippen LogP contribution >= 0.6 is 0 Å². The Labute approximate surface area is 72.7 Å². The van der Waals surface area contributed by atoms with Gasteiger partial charge in [-0.2, -0.15) is 0 Å². The zero-order valence-electron chi connectivity index (χ0n) is 7.50. The standard InChI is InChI=1S/C8H16N2O2/c1-3-4-5-9-8(12)10-6-7(2)11/h4-5,7,11H,3,6H2,1-2H3,(H2,9,10,12)/b5-4+. The number of hydrogen-bond donors (Lipinski definition) is 3. The molecule has 0 aromatic rings. The largest absolute Gasteiger partial charge is 0.392 e. The molecule has 0 fully saturated rings. The second-order valence-electron chi connectivity index (χ2n) is 2.51. The molecule has 0 rings (SSSR count). The number of nitrogens with one attached hydrogen (secondary N) is 2. The van der Waals surface area contributed by atoms with Crippen LogP contribution in [0.25, 0.3) is 0 Å². The number of carbonyl (C=O) groups is 1. The quantitative estimate of drug-likeness (QED) is 0.581. The first-order valence-corrected chi connectivity index (χ1v) is 4.04. The molecule has 4 nitrogen and oxygen atoms in total. The lowest BCUT2D eigenvalue weighted by atomic mass is 10.4. The molecule has 70 valence electrons. The number of carbonyl (C=O) groups excluding carboxylic acids is 1. The predicted octanol–water partition coefficient (Wildman–Crippen LogP) is 0.590. The highest BCUT2D eigenvalue weighted by atomic mass is 16.3. The summed E-state index contributed by atoms with van der Waals surface area (Å²) >= 11 is 0. The van der Waals surface area contributed by atoms with Gasteiger partial charge in [-0.3, -0.25) is 0 Å². The van der Waals surface area contributed by atoms with Crippen molar-refractivity contribution in [2.75, 3.05) is 6.54 Å². The molecule has 3 N–H and O–H groups in total. The van der Waals surface area contributed by atoms with Crippen LogP contribution in [0.2, 0.25) is 0 Å². The van der Waals surface area contributed by atoms with Crippen molar-refractivity contribution in [3.8, 4) is 0 Å². The van der Waals surface area contributed by atoms with Crippen LogP contribution in [0, 0.1) is 0 Å². The summed E-state index contributed by atoms with van der Waals surface area (Å²) in [5, 5.41) is 13.8. The number of aliphatic hydroxyl groups excluding tert-OH is 1. The van der Waals surface area contributed by atoms with Gasteiger partial charge in [0.05, 0.1) is 6.10 Å². The van der Waals surface area contributed by atoms with Crippen LogP contribution in [0.5, 0.6) is 0 Å². The molecule has 0 aliphatic heterocycles. The van der Waals surface area contributed by atoms with Gasteiger partial charge in [-0.05, 0) is 13.3 Å². The summed E-state index contributed by atoms with van der Waals surface area (Å²) in [4.78, 5) is 10.8. The molecule has 2 amide bonds. The molecule has 4 heteroatoms. The van der Waals surface area contributed by atoms with Crippen molar-refractivity contribution in [1.82, 2.24) is 10.6 Å². The maximum atomic E-state index is 10.8. The number of allylic oxidation sites excluding steroid dienone is 1. The van der Waals surface area contributed by atoms with E-state index in [1.165, 1.54) is 0 Å². The molecule has 0 aromatic heterocycles. The fourth-order valence-electron chi connectivity index (χ4n) is 0.544. The maximum absolute atomic E-state index is 10.8. The van der Waals surface area contributed by atoms with Crippen molar-refractivity contribution in [2.24, 2.45) is 0 Å². The van der Waals surface area contributed by atoms with E-state index in [1.54, 1.807) is 13.1 Å². The molecular weight excluding hydrogens is 156 g/mol. The van der Waals surface area contributed by atoms with Crippen molar-refractivity contribution >= 4 is 6.03 Å². The van der Waals surface area contributed by atoms with E-state index in [0.717, 1.165) is 6.42 Å². The lowest BCUT2D eigenvalue weighted by Crippen LogP contribution is -2.36. The van der Waals surface area contributed by atoms with E-state index in [2.05, 4.69) is 10.6 Å². The molecule has 0 radical (unpaired) electrons. The summed E-state index contributed by atoms with van der Waals surface area (Å²) in [5.74, 6) is 0. The Hall–Kier alpha value is -1.03. The van der Waals surface area contributed by atoms with Crippen LogP contribution in [0.4, 0.5) is 4.79 Å². The average molecular weight is 172 g/mol. The van der Waals surface area contributed by atoms with Gasteiger partial charge in [-0.15, -0.1) is 0 Å². The van der Waals surface area contributed by atoms with Crippen LogP contribution in [-0.2, 0) is 0 Å². The Morgan fingerprint density at radius 1 is 1.67 bits per heavy atom. The van der Waals surface area contributed by atoms with Crippen molar-refractivity contribution < 1.29 is 9.90 Å². The minimum Gasteiger partial charge on any atom is -0.392 e. The van der Waals surface area contributed by atoms with Crippen LogP contribution in [0.1, 0.15) is 20.3 Å². The van der Waals surface area contributed by atoms with Gasteiger partial charge in [0, 0.05) is 12.7 Å². The summed E-state index contributed by atoms with van der Waals surface area (Å²) in [6, 6.07) is -0.291. The van der Waals surface area contributed by atoms with Gasteiger partial charge in [0.2, 0.25) is 0 Å². The smallest absolute Gasteiger partial charge is 0.318 e. The van der Waals surface area contributed by atoms with E-state index in [4.69, 9.17) is 5.11 Å². The first-order chi connectivity index (χ1) is 5.66. The maximum Gasteiger partial charge on any atom is 0.318 e. The van der Waals surface area contributed by atoms with E-state index in [-0.39, 0.29) is 12.6 Å². The lowest BCUT2D eigenvalue weighted by Gasteiger charge is -2.05. The lowest BCUT2D eigenvalue weighted by molar-refractivity contribution is 0.188. The highest BCUT2D eigenvalue weighted by molar-refractivity contribution is 5.74. The Kier molecular flexibility index (Phi) is 6.09. The summed E-state index contributed by atoms with van der Waals surface area (Å²) in [6.45, 7) is 3.86. The number of aliphatic hydroxyl groups is 1. The number of urea groups is 1. The van der Waals surface area contributed by atoms with Crippen LogP contribution in [-0.4, -0.2) is 23.8 Å². The molecule has 0 saturated carbocycles. The molecular formula is C8H16N2O2. The van der Waals surface area contributed by atoms with Gasteiger partial charge in [0.1, 0.15) is 0 Å². The SMILES string of the molecule is CC/C=C/NC(=O)NCC(C)O. The van der Waals surface area contributed by atoms with Crippen LogP contribution in [0.3, 0.4) is 0 Å². The monoisotopic (exact) mass is 172 g/mol. The third kappa shape index (κ3) is 7.08. The molecule has 1 atom stereocenters. The molecule has 0 bridgehead atoms. The zero-order valence-corrected chi connectivity index (χ0v) is 7.50. The first kappa shape index (κ1) is 11.0. The van der Waals surface area contributed by atoms with Gasteiger partial charge < -0.3 is 15.7 Å². The first-order valence-electron chi connectivity index (χ1n) is 4.04. The summed E-state index contributed by atoms with van der Waals surface area (Å²) in [6.07, 6.45) is 3.79. The Morgan fingerprint density at radius 3 is 2.83 bits per heavy atom. The third-order valence-electron chi connectivity index (χ3n) is 1.13. The zero-order chi connectivity index (χ0) is 9.40. The minimum absolute atomic E-state index is 0.270. The average Bonchev–Trinajstić information content (AvgIpc) is 2.01. The van der Waals surface area contributed by atoms with E-state index in [0.29, 0.717) is 0 Å². The molecule has 0 aromatic carbocycles. The second-order valence-corrected chi connectivity index (χ2v) is 2.51. The molecule has 0 aliphatic rings. The normalized spacial score (nSPS) is 12.9. The molecule has 1 unspecified atom stereocenters. The fraction of sp³-hybridized carbons (Fsp3) is 0.625. The number of hydrogen-bond acceptors (Lipinski definition) is 2. The van der Waals surface area contributed by atoms with Gasteiger partial charge in [0.15, 0.2) is 0 Å². The van der Waals surface area contributed by atoms with Gasteiger partial charge >= 0.3 is 6.03 Å².